The predicted octanol–water partition coefficient (Wildman–Crippen LogP) is 9.20. The summed E-state index contributed by atoms with van der Waals surface area (Å²) in [4.78, 5) is 14.4. The summed E-state index contributed by atoms with van der Waals surface area (Å²) < 4.78 is 0. The van der Waals surface area contributed by atoms with Gasteiger partial charge in [-0.1, -0.05) is 71.9 Å². The van der Waals surface area contributed by atoms with E-state index in [1.165, 1.54) is 87.6 Å². The summed E-state index contributed by atoms with van der Waals surface area (Å²) in [6.45, 7) is 30.0. The highest BCUT2D eigenvalue weighted by Gasteiger charge is 2.74. The van der Waals surface area contributed by atoms with Crippen molar-refractivity contribution in [3.8, 4) is 0 Å². The summed E-state index contributed by atoms with van der Waals surface area (Å²) in [5, 5.41) is 17.7. The second kappa shape index (κ2) is 11.3. The lowest BCUT2D eigenvalue weighted by Gasteiger charge is -2.75. The first-order valence-electron chi connectivity index (χ1n) is 20.4. The number of rotatable bonds is 7. The van der Waals surface area contributed by atoms with Crippen LogP contribution < -0.4 is 10.6 Å². The Bertz CT molecular complexity index is 1600. The fraction of sp³-hybridized carbons (Fsp3) is 0.756. The lowest BCUT2D eigenvalue weighted by atomic mass is 9.29. The van der Waals surface area contributed by atoms with E-state index >= 15 is 0 Å². The van der Waals surface area contributed by atoms with Crippen LogP contribution in [0.3, 0.4) is 0 Å². The summed E-state index contributed by atoms with van der Waals surface area (Å²) in [5.74, 6) is 1.71. The van der Waals surface area contributed by atoms with Crippen LogP contribution in [-0.2, 0) is 0 Å². The molecule has 5 heteroatoms. The second-order valence-electron chi connectivity index (χ2n) is 20.6. The number of likely N-dealkylation sites (tertiary alicyclic amines) is 1. The van der Waals surface area contributed by atoms with Gasteiger partial charge >= 0.3 is 5.97 Å². The third kappa shape index (κ3) is 4.63. The Morgan fingerprint density at radius 1 is 0.940 bits per heavy atom. The van der Waals surface area contributed by atoms with E-state index in [1.807, 2.05) is 12.1 Å². The van der Waals surface area contributed by atoms with Crippen LogP contribution in [-0.4, -0.2) is 59.3 Å². The van der Waals surface area contributed by atoms with E-state index in [2.05, 4.69) is 83.6 Å². The maximum atomic E-state index is 11.6. The molecule has 3 N–H and O–H groups in total. The van der Waals surface area contributed by atoms with E-state index in [9.17, 15) is 9.90 Å². The van der Waals surface area contributed by atoms with Crippen molar-refractivity contribution in [3.63, 3.8) is 0 Å². The van der Waals surface area contributed by atoms with Crippen LogP contribution in [0.5, 0.6) is 0 Å². The van der Waals surface area contributed by atoms with E-state index in [0.29, 0.717) is 46.2 Å². The third-order valence-corrected chi connectivity index (χ3v) is 18.2. The number of nitrogens with one attached hydrogen (secondary N) is 2. The van der Waals surface area contributed by atoms with Gasteiger partial charge in [-0.25, -0.2) is 4.79 Å². The maximum absolute atomic E-state index is 11.6. The minimum atomic E-state index is -0.853. The molecule has 1 aromatic carbocycles. The second-order valence-corrected chi connectivity index (χ2v) is 20.6. The topological polar surface area (TPSA) is 64.6 Å². The van der Waals surface area contributed by atoms with Crippen molar-refractivity contribution < 1.29 is 9.90 Å². The number of fused-ring (bicyclic) bond motifs is 9. The number of allylic oxidation sites excluding steroid dienone is 3. The molecule has 0 amide bonds. The van der Waals surface area contributed by atoms with Gasteiger partial charge in [-0.15, -0.1) is 0 Å². The van der Waals surface area contributed by atoms with Gasteiger partial charge in [0, 0.05) is 43.3 Å². The van der Waals surface area contributed by atoms with Gasteiger partial charge < -0.3 is 15.7 Å². The fourth-order valence-electron chi connectivity index (χ4n) is 15.6. The monoisotopic (exact) mass is 682 g/mol. The number of piperazine rings is 1. The van der Waals surface area contributed by atoms with E-state index in [-0.39, 0.29) is 27.2 Å². The van der Waals surface area contributed by atoms with Crippen molar-refractivity contribution >= 4 is 11.5 Å². The highest BCUT2D eigenvalue weighted by molar-refractivity contribution is 5.88. The molecule has 274 valence electrons. The number of carbonyl (C=O) groups is 1. The lowest BCUT2D eigenvalue weighted by molar-refractivity contribution is -0.256. The molecule has 2 aliphatic heterocycles. The van der Waals surface area contributed by atoms with Gasteiger partial charge in [-0.05, 0) is 152 Å². The summed E-state index contributed by atoms with van der Waals surface area (Å²) >= 11 is 0. The van der Waals surface area contributed by atoms with Gasteiger partial charge in [0.2, 0.25) is 0 Å². The van der Waals surface area contributed by atoms with Crippen molar-refractivity contribution in [1.82, 2.24) is 15.5 Å². The van der Waals surface area contributed by atoms with Crippen LogP contribution in [0.15, 0.2) is 42.5 Å². The first-order chi connectivity index (χ1) is 23.4. The summed E-state index contributed by atoms with van der Waals surface area (Å²) in [6.07, 6.45) is 15.5. The molecule has 50 heavy (non-hydrogen) atoms. The Balaban J connectivity index is 1.08. The normalized spacial score (nSPS) is 47.5. The summed E-state index contributed by atoms with van der Waals surface area (Å²) in [5.41, 5.74) is 6.09. The Morgan fingerprint density at radius 2 is 1.64 bits per heavy atom. The highest BCUT2D eigenvalue weighted by atomic mass is 16.4. The highest BCUT2D eigenvalue weighted by Crippen LogP contribution is 2.80. The molecule has 8 rings (SSSR count). The van der Waals surface area contributed by atoms with Crippen molar-refractivity contribution in [3.05, 3.63) is 53.6 Å². The quantitative estimate of drug-likeness (QED) is 0.251. The molecule has 0 spiro atoms. The molecule has 5 aliphatic carbocycles. The molecule has 4 unspecified atom stereocenters. The average molecular weight is 682 g/mol. The molecule has 7 aliphatic rings. The van der Waals surface area contributed by atoms with Crippen LogP contribution in [0.25, 0.3) is 5.57 Å². The molecular weight excluding hydrogens is 615 g/mol. The first-order valence-corrected chi connectivity index (χ1v) is 20.4. The standard InChI is InChI=1S/C45H67N3O2/c1-29(2)33-14-21-45(46-24-25-48-28-40(5)26-32(48)27-47-40)23-22-44(9)42(7)19-16-35-39(3,4)34(30-10-12-31(13-11-30)38(49)50)15-18-41(35,6)36(42)17-20-43(44,8)37(33)45/h10-13,15,32-33,35-37,46-47H,1,14,16-28H2,2-9H3,(H,49,50)/t32-,33-,35?,36?,37?,40-,41-,42+,43?,44-,45-/m0/s1. The number of carboxylic acids is 1. The Labute approximate surface area is 303 Å². The largest absolute Gasteiger partial charge is 0.478 e. The molecular formula is C45H67N3O2. The zero-order valence-corrected chi connectivity index (χ0v) is 32.7. The van der Waals surface area contributed by atoms with Crippen LogP contribution in [0.1, 0.15) is 136 Å². The predicted molar refractivity (Wildman–Crippen MR) is 205 cm³/mol. The van der Waals surface area contributed by atoms with E-state index in [0.717, 1.165) is 19.5 Å². The van der Waals surface area contributed by atoms with Gasteiger partial charge in [-0.2, -0.15) is 0 Å². The molecule has 5 nitrogen and oxygen atoms in total. The molecule has 2 heterocycles. The van der Waals surface area contributed by atoms with Crippen molar-refractivity contribution in [2.75, 3.05) is 26.2 Å². The van der Waals surface area contributed by atoms with Crippen LogP contribution >= 0.6 is 0 Å². The number of carboxylic acid groups (broad SMARTS) is 1. The Morgan fingerprint density at radius 3 is 2.28 bits per heavy atom. The number of aromatic carboxylic acids is 1. The van der Waals surface area contributed by atoms with Crippen molar-refractivity contribution in [1.29, 1.82) is 0 Å². The molecule has 6 fully saturated rings. The van der Waals surface area contributed by atoms with E-state index in [1.54, 1.807) is 12.1 Å². The zero-order valence-electron chi connectivity index (χ0n) is 32.7. The molecule has 2 saturated heterocycles. The number of nitrogens with zero attached hydrogens (tertiary/aromatic N) is 1. The van der Waals surface area contributed by atoms with Crippen molar-refractivity contribution in [2.45, 2.75) is 137 Å². The van der Waals surface area contributed by atoms with Gasteiger partial charge in [-0.3, -0.25) is 4.90 Å². The smallest absolute Gasteiger partial charge is 0.335 e. The number of benzene rings is 1. The van der Waals surface area contributed by atoms with Gasteiger partial charge in [0.15, 0.2) is 0 Å². The minimum absolute atomic E-state index is 0.0329. The average Bonchev–Trinajstić information content (AvgIpc) is 3.73. The van der Waals surface area contributed by atoms with Crippen molar-refractivity contribution in [2.24, 2.45) is 50.7 Å². The number of hydrogen-bond donors (Lipinski definition) is 3. The Kier molecular flexibility index (Phi) is 7.92. The van der Waals surface area contributed by atoms with E-state index in [4.69, 9.17) is 0 Å². The first kappa shape index (κ1) is 35.1. The van der Waals surface area contributed by atoms with Gasteiger partial charge in [0.1, 0.15) is 0 Å². The molecule has 0 aromatic heterocycles. The molecule has 11 atom stereocenters. The van der Waals surface area contributed by atoms with Gasteiger partial charge in [0.25, 0.3) is 0 Å². The molecule has 4 saturated carbocycles. The zero-order chi connectivity index (χ0) is 35.7. The third-order valence-electron chi connectivity index (χ3n) is 18.2. The molecule has 2 bridgehead atoms. The molecule has 1 aromatic rings. The summed E-state index contributed by atoms with van der Waals surface area (Å²) in [7, 11) is 0. The Hall–Kier alpha value is -1.95. The van der Waals surface area contributed by atoms with Crippen LogP contribution in [0, 0.1) is 50.7 Å². The maximum Gasteiger partial charge on any atom is 0.335 e. The SMILES string of the molecule is C=C(C)[C@@H]1CC[C@]2(NCCN3C[C@]4(C)C[C@H]3CN4)CC[C@]3(C)C(C)(CCC4[C@@]5(C)CC=C(c6ccc(C(=O)O)cc6)C(C)(C)C5CC[C@]43C)C12. The minimum Gasteiger partial charge on any atom is -0.478 e. The fourth-order valence-corrected chi connectivity index (χ4v) is 15.6. The number of hydrogen-bond acceptors (Lipinski definition) is 4. The summed E-state index contributed by atoms with van der Waals surface area (Å²) in [6, 6.07) is 8.39. The molecule has 0 radical (unpaired) electrons. The van der Waals surface area contributed by atoms with Gasteiger partial charge in [0.05, 0.1) is 5.56 Å². The van der Waals surface area contributed by atoms with E-state index < -0.39 is 5.97 Å². The van der Waals surface area contributed by atoms with Crippen LogP contribution in [0.2, 0.25) is 0 Å². The lowest BCUT2D eigenvalue weighted by Crippen LogP contribution is -2.71. The van der Waals surface area contributed by atoms with Crippen LogP contribution in [0.4, 0.5) is 0 Å².